The second kappa shape index (κ2) is 11.9. The van der Waals surface area contributed by atoms with Crippen LogP contribution in [-0.2, 0) is 22.1 Å². The number of carbonyl (C=O) groups excluding carboxylic acids is 2. The normalized spacial score (nSPS) is 12.3. The van der Waals surface area contributed by atoms with Gasteiger partial charge in [0.2, 0.25) is 0 Å². The molecule has 0 aliphatic rings. The third-order valence-corrected chi connectivity index (χ3v) is 6.17. The molecule has 0 aliphatic carbocycles. The highest BCUT2D eigenvalue weighted by atomic mass is 19.4. The van der Waals surface area contributed by atoms with E-state index in [1.54, 1.807) is 30.4 Å². The van der Waals surface area contributed by atoms with E-state index in [1.807, 2.05) is 0 Å². The van der Waals surface area contributed by atoms with Crippen molar-refractivity contribution in [3.63, 3.8) is 0 Å². The first-order valence-corrected chi connectivity index (χ1v) is 12.1. The molecular weight excluding hydrogens is 541 g/mol. The number of carbonyl (C=O) groups is 3. The van der Waals surface area contributed by atoms with Crippen LogP contribution in [0.2, 0.25) is 0 Å². The first-order valence-electron chi connectivity index (χ1n) is 12.1. The Morgan fingerprint density at radius 2 is 1.59 bits per heavy atom. The van der Waals surface area contributed by atoms with Gasteiger partial charge in [-0.15, -0.1) is 0 Å². The van der Waals surface area contributed by atoms with E-state index in [4.69, 9.17) is 4.74 Å². The Hall–Kier alpha value is -5.19. The summed E-state index contributed by atoms with van der Waals surface area (Å²) in [6.07, 6.45) is -1.20. The highest BCUT2D eigenvalue weighted by molar-refractivity contribution is 6.06. The number of methoxy groups -OCH3 is 1. The summed E-state index contributed by atoms with van der Waals surface area (Å²) in [6.45, 7) is 0. The van der Waals surface area contributed by atoms with Crippen LogP contribution in [0.5, 0.6) is 5.75 Å². The van der Waals surface area contributed by atoms with Gasteiger partial charge in [0.05, 0.1) is 23.8 Å². The van der Waals surface area contributed by atoms with Crippen molar-refractivity contribution in [2.75, 3.05) is 7.11 Å². The molecule has 3 N–H and O–H groups in total. The predicted octanol–water partition coefficient (Wildman–Crippen LogP) is 5.34. The first-order chi connectivity index (χ1) is 19.4. The van der Waals surface area contributed by atoms with Crippen molar-refractivity contribution in [2.45, 2.75) is 18.6 Å². The summed E-state index contributed by atoms with van der Waals surface area (Å²) in [5.41, 5.74) is 0.687. The lowest BCUT2D eigenvalue weighted by Crippen LogP contribution is -2.43. The molecule has 1 atom stereocenters. The molecule has 41 heavy (non-hydrogen) atoms. The molecule has 1 amide bonds. The topological polar surface area (TPSA) is 126 Å². The fourth-order valence-corrected chi connectivity index (χ4v) is 4.05. The molecule has 1 aromatic heterocycles. The molecule has 0 fully saturated rings. The van der Waals surface area contributed by atoms with Gasteiger partial charge in [0.15, 0.2) is 0 Å². The zero-order valence-electron chi connectivity index (χ0n) is 21.5. The Kier molecular flexibility index (Phi) is 8.37. The second-order valence-corrected chi connectivity index (χ2v) is 9.01. The number of nitrogens with zero attached hydrogens (tertiary/aromatic N) is 1. The summed E-state index contributed by atoms with van der Waals surface area (Å²) in [7, 11) is 1.17. The smallest absolute Gasteiger partial charge is 0.416 e. The van der Waals surface area contributed by atoms with Crippen LogP contribution >= 0.6 is 0 Å². The van der Waals surface area contributed by atoms with Crippen molar-refractivity contribution in [1.29, 1.82) is 0 Å². The number of carboxylic acids is 1. The molecule has 210 valence electrons. The SMILES string of the molecule is COC(=O)[C@H](Cc1ccc(O)cc1)NC(=O)c1cc(C(=O)O)c2cc(C=Cc3ccc(C(F)(F)F)cc3)ccc2n1. The van der Waals surface area contributed by atoms with Crippen molar-refractivity contribution in [1.82, 2.24) is 10.3 Å². The molecule has 0 bridgehead atoms. The number of aromatic hydroxyl groups is 1. The van der Waals surface area contributed by atoms with Gasteiger partial charge in [-0.2, -0.15) is 13.2 Å². The molecule has 0 aliphatic heterocycles. The van der Waals surface area contributed by atoms with Gasteiger partial charge in [-0.25, -0.2) is 14.6 Å². The Morgan fingerprint density at radius 1 is 0.951 bits per heavy atom. The van der Waals surface area contributed by atoms with Crippen LogP contribution in [0.15, 0.2) is 72.8 Å². The number of phenols is 1. The van der Waals surface area contributed by atoms with Gasteiger partial charge < -0.3 is 20.3 Å². The third-order valence-electron chi connectivity index (χ3n) is 6.17. The zero-order chi connectivity index (χ0) is 29.7. The van der Waals surface area contributed by atoms with Crippen molar-refractivity contribution < 1.29 is 42.5 Å². The van der Waals surface area contributed by atoms with Crippen LogP contribution in [0, 0.1) is 0 Å². The fraction of sp³-hybridized carbons (Fsp3) is 0.133. The monoisotopic (exact) mass is 564 g/mol. The lowest BCUT2D eigenvalue weighted by Gasteiger charge is -2.17. The fourth-order valence-electron chi connectivity index (χ4n) is 4.05. The van der Waals surface area contributed by atoms with Crippen LogP contribution in [0.3, 0.4) is 0 Å². The number of alkyl halides is 3. The van der Waals surface area contributed by atoms with E-state index in [9.17, 15) is 37.8 Å². The number of halogens is 3. The highest BCUT2D eigenvalue weighted by Crippen LogP contribution is 2.29. The molecular formula is C30H23F3N2O6. The van der Waals surface area contributed by atoms with Crippen LogP contribution in [0.4, 0.5) is 13.2 Å². The molecule has 3 aromatic carbocycles. The number of fused-ring (bicyclic) bond motifs is 1. The molecule has 0 saturated carbocycles. The molecule has 4 aromatic rings. The van der Waals surface area contributed by atoms with Crippen molar-refractivity contribution in [2.24, 2.45) is 0 Å². The molecule has 0 unspecified atom stereocenters. The number of pyridine rings is 1. The van der Waals surface area contributed by atoms with Gasteiger partial charge in [0.25, 0.3) is 5.91 Å². The van der Waals surface area contributed by atoms with E-state index < -0.39 is 35.6 Å². The summed E-state index contributed by atoms with van der Waals surface area (Å²) in [5, 5.41) is 22.1. The minimum Gasteiger partial charge on any atom is -0.508 e. The summed E-state index contributed by atoms with van der Waals surface area (Å²) >= 11 is 0. The number of nitrogens with one attached hydrogen (secondary N) is 1. The maximum atomic E-state index is 13.1. The standard InChI is InChI=1S/C30H23F3N2O6/c1-41-29(40)26(15-19-6-11-21(36)12-7-19)35-27(37)25-16-23(28(38)39)22-14-18(8-13-24(22)34-25)3-2-17-4-9-20(10-5-17)30(31,32)33/h2-14,16,26,36H,15H2,1H3,(H,35,37)(H,38,39)/t26-/m0/s1. The number of benzene rings is 3. The molecule has 0 radical (unpaired) electrons. The van der Waals surface area contributed by atoms with Gasteiger partial charge in [-0.1, -0.05) is 42.5 Å². The maximum Gasteiger partial charge on any atom is 0.416 e. The Bertz CT molecular complexity index is 1630. The molecule has 1 heterocycles. The Balaban J connectivity index is 1.59. The average Bonchev–Trinajstić information content (AvgIpc) is 2.95. The quantitative estimate of drug-likeness (QED) is 0.195. The van der Waals surface area contributed by atoms with Crippen molar-refractivity contribution in [3.8, 4) is 5.75 Å². The summed E-state index contributed by atoms with van der Waals surface area (Å²) in [5.74, 6) is -2.80. The Labute approximate surface area is 231 Å². The number of phenolic OH excluding ortho intramolecular Hbond substituents is 1. The number of aromatic nitrogens is 1. The largest absolute Gasteiger partial charge is 0.508 e. The van der Waals surface area contributed by atoms with Gasteiger partial charge in [-0.3, -0.25) is 4.79 Å². The van der Waals surface area contributed by atoms with Crippen molar-refractivity contribution >= 4 is 40.9 Å². The van der Waals surface area contributed by atoms with E-state index in [1.165, 1.54) is 43.5 Å². The molecule has 11 heteroatoms. The number of esters is 1. The highest BCUT2D eigenvalue weighted by Gasteiger charge is 2.30. The van der Waals surface area contributed by atoms with E-state index in [0.717, 1.165) is 18.2 Å². The summed E-state index contributed by atoms with van der Waals surface area (Å²) in [4.78, 5) is 41.7. The van der Waals surface area contributed by atoms with Gasteiger partial charge in [-0.05, 0) is 59.2 Å². The van der Waals surface area contributed by atoms with Crippen molar-refractivity contribution in [3.05, 3.63) is 106 Å². The first kappa shape index (κ1) is 28.8. The maximum absolute atomic E-state index is 13.1. The summed E-state index contributed by atoms with van der Waals surface area (Å²) in [6, 6.07) is 15.3. The van der Waals surface area contributed by atoms with Crippen LogP contribution < -0.4 is 5.32 Å². The predicted molar refractivity (Wildman–Crippen MR) is 144 cm³/mol. The number of rotatable bonds is 8. The zero-order valence-corrected chi connectivity index (χ0v) is 21.5. The lowest BCUT2D eigenvalue weighted by molar-refractivity contribution is -0.143. The Morgan fingerprint density at radius 3 is 2.20 bits per heavy atom. The lowest BCUT2D eigenvalue weighted by atomic mass is 10.0. The molecule has 4 rings (SSSR count). The minimum atomic E-state index is -4.44. The van der Waals surface area contributed by atoms with E-state index in [2.05, 4.69) is 10.3 Å². The number of amides is 1. The minimum absolute atomic E-state index is 0.0344. The number of hydrogen-bond donors (Lipinski definition) is 3. The average molecular weight is 565 g/mol. The van der Waals surface area contributed by atoms with Gasteiger partial charge >= 0.3 is 18.1 Å². The van der Waals surface area contributed by atoms with E-state index in [-0.39, 0.29) is 34.3 Å². The number of ether oxygens (including phenoxy) is 1. The van der Waals surface area contributed by atoms with E-state index >= 15 is 0 Å². The van der Waals surface area contributed by atoms with Crippen LogP contribution in [0.25, 0.3) is 23.1 Å². The second-order valence-electron chi connectivity index (χ2n) is 9.01. The molecule has 0 saturated heterocycles. The number of carboxylic acid groups (broad SMARTS) is 1. The number of hydrogen-bond acceptors (Lipinski definition) is 6. The van der Waals surface area contributed by atoms with Crippen LogP contribution in [0.1, 0.15) is 43.1 Å². The molecule has 8 nitrogen and oxygen atoms in total. The number of aromatic carboxylic acids is 1. The molecule has 0 spiro atoms. The third kappa shape index (κ3) is 7.07. The van der Waals surface area contributed by atoms with Crippen LogP contribution in [-0.4, -0.2) is 46.2 Å². The van der Waals surface area contributed by atoms with Gasteiger partial charge in [0, 0.05) is 11.8 Å². The van der Waals surface area contributed by atoms with Gasteiger partial charge in [0.1, 0.15) is 17.5 Å². The van der Waals surface area contributed by atoms with E-state index in [0.29, 0.717) is 16.7 Å². The summed E-state index contributed by atoms with van der Waals surface area (Å²) < 4.78 is 43.2.